The Morgan fingerprint density at radius 1 is 1.24 bits per heavy atom. The first-order valence-electron chi connectivity index (χ1n) is 7.95. The lowest BCUT2D eigenvalue weighted by Crippen LogP contribution is -2.39. The van der Waals surface area contributed by atoms with Gasteiger partial charge in [-0.1, -0.05) is 41.9 Å². The SMILES string of the molecule is Nc1ccc(NC(=O)NC2CC(=O)N(Cc3ccccc3)C2)c(Cl)c1. The number of amides is 3. The first kappa shape index (κ1) is 17.1. The van der Waals surface area contributed by atoms with Gasteiger partial charge < -0.3 is 21.3 Å². The van der Waals surface area contributed by atoms with Gasteiger partial charge in [-0.2, -0.15) is 0 Å². The highest BCUT2D eigenvalue weighted by atomic mass is 35.5. The number of nitrogen functional groups attached to an aromatic ring is 1. The smallest absolute Gasteiger partial charge is 0.319 e. The molecule has 3 rings (SSSR count). The van der Waals surface area contributed by atoms with Crippen molar-refractivity contribution >= 4 is 34.9 Å². The number of anilines is 2. The van der Waals surface area contributed by atoms with Crippen LogP contribution in [-0.4, -0.2) is 29.4 Å². The van der Waals surface area contributed by atoms with E-state index in [0.717, 1.165) is 5.56 Å². The van der Waals surface area contributed by atoms with Gasteiger partial charge in [0.2, 0.25) is 5.91 Å². The van der Waals surface area contributed by atoms with Crippen molar-refractivity contribution in [1.29, 1.82) is 0 Å². The highest BCUT2D eigenvalue weighted by Gasteiger charge is 2.30. The average molecular weight is 359 g/mol. The number of nitrogens with two attached hydrogens (primary N) is 1. The molecule has 3 amide bonds. The van der Waals surface area contributed by atoms with Crippen LogP contribution in [0.4, 0.5) is 16.2 Å². The van der Waals surface area contributed by atoms with Gasteiger partial charge in [-0.15, -0.1) is 0 Å². The number of benzene rings is 2. The fraction of sp³-hybridized carbons (Fsp3) is 0.222. The molecule has 4 N–H and O–H groups in total. The first-order valence-corrected chi connectivity index (χ1v) is 8.33. The van der Waals surface area contributed by atoms with E-state index in [4.69, 9.17) is 17.3 Å². The van der Waals surface area contributed by atoms with Crippen LogP contribution in [0.5, 0.6) is 0 Å². The molecule has 7 heteroatoms. The van der Waals surface area contributed by atoms with Gasteiger partial charge in [0.15, 0.2) is 0 Å². The summed E-state index contributed by atoms with van der Waals surface area (Å²) in [5.41, 5.74) is 7.69. The number of likely N-dealkylation sites (tertiary alicyclic amines) is 1. The summed E-state index contributed by atoms with van der Waals surface area (Å²) in [5.74, 6) is 0.0275. The molecule has 1 aliphatic heterocycles. The van der Waals surface area contributed by atoms with Gasteiger partial charge in [-0.25, -0.2) is 4.79 Å². The first-order chi connectivity index (χ1) is 12.0. The number of nitrogens with zero attached hydrogens (tertiary/aromatic N) is 1. The molecular weight excluding hydrogens is 340 g/mol. The molecule has 130 valence electrons. The third kappa shape index (κ3) is 4.42. The molecule has 1 unspecified atom stereocenters. The topological polar surface area (TPSA) is 87.5 Å². The van der Waals surface area contributed by atoms with Gasteiger partial charge in [0.25, 0.3) is 0 Å². The molecule has 1 heterocycles. The van der Waals surface area contributed by atoms with Crippen LogP contribution in [-0.2, 0) is 11.3 Å². The van der Waals surface area contributed by atoms with E-state index >= 15 is 0 Å². The van der Waals surface area contributed by atoms with Crippen molar-refractivity contribution in [2.75, 3.05) is 17.6 Å². The van der Waals surface area contributed by atoms with Gasteiger partial charge in [-0.3, -0.25) is 4.79 Å². The molecule has 1 aliphatic rings. The average Bonchev–Trinajstić information content (AvgIpc) is 2.90. The minimum Gasteiger partial charge on any atom is -0.399 e. The highest BCUT2D eigenvalue weighted by molar-refractivity contribution is 6.34. The van der Waals surface area contributed by atoms with Crippen LogP contribution in [0.25, 0.3) is 0 Å². The Morgan fingerprint density at radius 2 is 2.00 bits per heavy atom. The highest BCUT2D eigenvalue weighted by Crippen LogP contribution is 2.24. The standard InChI is InChI=1S/C18H19ClN4O2/c19-15-8-13(20)6-7-16(15)22-18(25)21-14-9-17(24)23(11-14)10-12-4-2-1-3-5-12/h1-8,14H,9-11,20H2,(H2,21,22,25). The second-order valence-electron chi connectivity index (χ2n) is 6.00. The number of rotatable bonds is 4. The van der Waals surface area contributed by atoms with Crippen molar-refractivity contribution < 1.29 is 9.59 Å². The molecule has 0 saturated carbocycles. The van der Waals surface area contributed by atoms with Crippen LogP contribution < -0.4 is 16.4 Å². The largest absolute Gasteiger partial charge is 0.399 e. The Labute approximate surface area is 150 Å². The molecule has 1 fully saturated rings. The van der Waals surface area contributed by atoms with E-state index in [1.54, 1.807) is 23.1 Å². The van der Waals surface area contributed by atoms with Crippen molar-refractivity contribution in [3.63, 3.8) is 0 Å². The van der Waals surface area contributed by atoms with Crippen LogP contribution in [0.2, 0.25) is 5.02 Å². The lowest BCUT2D eigenvalue weighted by molar-refractivity contribution is -0.128. The Morgan fingerprint density at radius 3 is 2.72 bits per heavy atom. The summed E-state index contributed by atoms with van der Waals surface area (Å²) < 4.78 is 0. The van der Waals surface area contributed by atoms with Crippen molar-refractivity contribution in [1.82, 2.24) is 10.2 Å². The molecule has 2 aromatic carbocycles. The maximum Gasteiger partial charge on any atom is 0.319 e. The number of hydrogen-bond donors (Lipinski definition) is 3. The van der Waals surface area contributed by atoms with Crippen molar-refractivity contribution in [3.05, 3.63) is 59.1 Å². The van der Waals surface area contributed by atoms with Crippen molar-refractivity contribution in [3.8, 4) is 0 Å². The van der Waals surface area contributed by atoms with Crippen molar-refractivity contribution in [2.24, 2.45) is 0 Å². The predicted molar refractivity (Wildman–Crippen MR) is 98.3 cm³/mol. The monoisotopic (exact) mass is 358 g/mol. The summed E-state index contributed by atoms with van der Waals surface area (Å²) in [6.45, 7) is 1.03. The number of carbonyl (C=O) groups excluding carboxylic acids is 2. The summed E-state index contributed by atoms with van der Waals surface area (Å²) >= 11 is 6.04. The van der Waals surface area contributed by atoms with E-state index in [0.29, 0.717) is 29.5 Å². The molecule has 2 aromatic rings. The molecule has 25 heavy (non-hydrogen) atoms. The zero-order valence-corrected chi connectivity index (χ0v) is 14.3. The zero-order valence-electron chi connectivity index (χ0n) is 13.5. The summed E-state index contributed by atoms with van der Waals surface area (Å²) in [6.07, 6.45) is 0.287. The molecule has 1 saturated heterocycles. The van der Waals surface area contributed by atoms with E-state index in [1.807, 2.05) is 30.3 Å². The maximum absolute atomic E-state index is 12.1. The van der Waals surface area contributed by atoms with E-state index < -0.39 is 6.03 Å². The Kier molecular flexibility index (Phi) is 5.09. The molecule has 1 atom stereocenters. The number of urea groups is 1. The van der Waals surface area contributed by atoms with Crippen LogP contribution in [0.15, 0.2) is 48.5 Å². The lowest BCUT2D eigenvalue weighted by Gasteiger charge is -2.17. The van der Waals surface area contributed by atoms with Gasteiger partial charge in [0.1, 0.15) is 0 Å². The molecule has 0 spiro atoms. The van der Waals surface area contributed by atoms with Gasteiger partial charge in [-0.05, 0) is 23.8 Å². The Hall–Kier alpha value is -2.73. The van der Waals surface area contributed by atoms with E-state index in [9.17, 15) is 9.59 Å². The molecular formula is C18H19ClN4O2. The van der Waals surface area contributed by atoms with E-state index in [2.05, 4.69) is 10.6 Å². The third-order valence-corrected chi connectivity index (χ3v) is 4.32. The minimum atomic E-state index is -0.397. The minimum absolute atomic E-state index is 0.0275. The second-order valence-corrected chi connectivity index (χ2v) is 6.41. The Bertz CT molecular complexity index is 782. The van der Waals surface area contributed by atoms with Crippen LogP contribution in [0.1, 0.15) is 12.0 Å². The third-order valence-electron chi connectivity index (χ3n) is 4.01. The van der Waals surface area contributed by atoms with E-state index in [-0.39, 0.29) is 18.4 Å². The summed E-state index contributed by atoms with van der Waals surface area (Å²) in [5, 5.41) is 5.85. The molecule has 6 nitrogen and oxygen atoms in total. The van der Waals surface area contributed by atoms with Gasteiger partial charge in [0.05, 0.1) is 16.8 Å². The predicted octanol–water partition coefficient (Wildman–Crippen LogP) is 2.84. The molecule has 0 aliphatic carbocycles. The lowest BCUT2D eigenvalue weighted by atomic mass is 10.2. The number of carbonyl (C=O) groups is 2. The summed E-state index contributed by atoms with van der Waals surface area (Å²) in [6, 6.07) is 14.0. The molecule has 0 radical (unpaired) electrons. The van der Waals surface area contributed by atoms with E-state index in [1.165, 1.54) is 0 Å². The number of halogens is 1. The fourth-order valence-electron chi connectivity index (χ4n) is 2.80. The van der Waals surface area contributed by atoms with Crippen LogP contribution >= 0.6 is 11.6 Å². The van der Waals surface area contributed by atoms with Gasteiger partial charge in [0, 0.05) is 25.2 Å². The molecule has 0 bridgehead atoms. The van der Waals surface area contributed by atoms with Gasteiger partial charge >= 0.3 is 6.03 Å². The summed E-state index contributed by atoms with van der Waals surface area (Å²) in [4.78, 5) is 26.0. The molecule has 0 aromatic heterocycles. The Balaban J connectivity index is 1.55. The van der Waals surface area contributed by atoms with Crippen LogP contribution in [0.3, 0.4) is 0 Å². The fourth-order valence-corrected chi connectivity index (χ4v) is 3.04. The normalized spacial score (nSPS) is 16.8. The number of nitrogens with one attached hydrogen (secondary N) is 2. The quantitative estimate of drug-likeness (QED) is 0.734. The van der Waals surface area contributed by atoms with Crippen molar-refractivity contribution in [2.45, 2.75) is 19.0 Å². The summed E-state index contributed by atoms with van der Waals surface area (Å²) in [7, 11) is 0. The number of hydrogen-bond acceptors (Lipinski definition) is 3. The second kappa shape index (κ2) is 7.44. The van der Waals surface area contributed by atoms with Crippen LogP contribution in [0, 0.1) is 0 Å². The zero-order chi connectivity index (χ0) is 17.8. The maximum atomic E-state index is 12.1.